The standard InChI is InChI=1S/C12H19N3/c1-8(13)6-11-7-12(10-4-3-5-10)15-9(2)14-11/h7-8,10H,3-6,13H2,1-2H3. The van der Waals surface area contributed by atoms with Gasteiger partial charge in [-0.1, -0.05) is 6.42 Å². The molecule has 1 aliphatic rings. The molecular formula is C12H19N3. The predicted octanol–water partition coefficient (Wildman–Crippen LogP) is 1.94. The molecule has 0 aliphatic heterocycles. The van der Waals surface area contributed by atoms with Gasteiger partial charge in [-0.25, -0.2) is 9.97 Å². The van der Waals surface area contributed by atoms with Crippen molar-refractivity contribution in [2.75, 3.05) is 0 Å². The maximum Gasteiger partial charge on any atom is 0.125 e. The van der Waals surface area contributed by atoms with Crippen LogP contribution < -0.4 is 5.73 Å². The van der Waals surface area contributed by atoms with Crippen molar-refractivity contribution in [3.05, 3.63) is 23.3 Å². The Bertz CT molecular complexity index is 343. The molecule has 0 aromatic carbocycles. The summed E-state index contributed by atoms with van der Waals surface area (Å²) in [6.07, 6.45) is 4.77. The molecule has 0 amide bonds. The highest BCUT2D eigenvalue weighted by molar-refractivity contribution is 5.17. The third-order valence-corrected chi connectivity index (χ3v) is 2.97. The van der Waals surface area contributed by atoms with Gasteiger partial charge < -0.3 is 5.73 Å². The zero-order valence-electron chi connectivity index (χ0n) is 9.53. The van der Waals surface area contributed by atoms with Crippen LogP contribution in [-0.4, -0.2) is 16.0 Å². The zero-order valence-corrected chi connectivity index (χ0v) is 9.53. The molecule has 3 nitrogen and oxygen atoms in total. The Hall–Kier alpha value is -0.960. The van der Waals surface area contributed by atoms with Gasteiger partial charge in [0.15, 0.2) is 0 Å². The van der Waals surface area contributed by atoms with Gasteiger partial charge in [-0.3, -0.25) is 0 Å². The van der Waals surface area contributed by atoms with Crippen LogP contribution in [0.5, 0.6) is 0 Å². The number of aryl methyl sites for hydroxylation is 1. The highest BCUT2D eigenvalue weighted by Crippen LogP contribution is 2.35. The lowest BCUT2D eigenvalue weighted by atomic mass is 9.82. The molecule has 1 aliphatic carbocycles. The molecule has 1 heterocycles. The van der Waals surface area contributed by atoms with Gasteiger partial charge in [0.25, 0.3) is 0 Å². The van der Waals surface area contributed by atoms with Crippen molar-refractivity contribution in [1.29, 1.82) is 0 Å². The number of hydrogen-bond acceptors (Lipinski definition) is 3. The normalized spacial score (nSPS) is 18.6. The van der Waals surface area contributed by atoms with Gasteiger partial charge in [0.2, 0.25) is 0 Å². The Morgan fingerprint density at radius 2 is 2.20 bits per heavy atom. The molecular weight excluding hydrogens is 186 g/mol. The molecule has 0 spiro atoms. The van der Waals surface area contributed by atoms with E-state index in [9.17, 15) is 0 Å². The van der Waals surface area contributed by atoms with E-state index in [2.05, 4.69) is 16.0 Å². The molecule has 2 N–H and O–H groups in total. The number of nitrogens with zero attached hydrogens (tertiary/aromatic N) is 2. The largest absolute Gasteiger partial charge is 0.328 e. The molecule has 1 aromatic rings. The first-order valence-electron chi connectivity index (χ1n) is 5.75. The Morgan fingerprint density at radius 1 is 1.47 bits per heavy atom. The second-order valence-corrected chi connectivity index (χ2v) is 4.64. The minimum Gasteiger partial charge on any atom is -0.328 e. The second-order valence-electron chi connectivity index (χ2n) is 4.64. The van der Waals surface area contributed by atoms with Crippen molar-refractivity contribution in [2.24, 2.45) is 5.73 Å². The Labute approximate surface area is 91.1 Å². The molecule has 2 rings (SSSR count). The lowest BCUT2D eigenvalue weighted by Crippen LogP contribution is -2.20. The summed E-state index contributed by atoms with van der Waals surface area (Å²) in [6.45, 7) is 3.98. The SMILES string of the molecule is Cc1nc(CC(C)N)cc(C2CCC2)n1. The number of aromatic nitrogens is 2. The first kappa shape index (κ1) is 10.6. The third-order valence-electron chi connectivity index (χ3n) is 2.97. The van der Waals surface area contributed by atoms with E-state index < -0.39 is 0 Å². The highest BCUT2D eigenvalue weighted by Gasteiger charge is 2.21. The van der Waals surface area contributed by atoms with Crippen LogP contribution >= 0.6 is 0 Å². The smallest absolute Gasteiger partial charge is 0.125 e. The van der Waals surface area contributed by atoms with E-state index in [1.165, 1.54) is 25.0 Å². The summed E-state index contributed by atoms with van der Waals surface area (Å²) in [5.74, 6) is 1.56. The van der Waals surface area contributed by atoms with Gasteiger partial charge in [-0.05, 0) is 32.8 Å². The fourth-order valence-corrected chi connectivity index (χ4v) is 2.00. The molecule has 1 saturated carbocycles. The maximum atomic E-state index is 5.79. The van der Waals surface area contributed by atoms with Crippen LogP contribution in [0.2, 0.25) is 0 Å². The minimum absolute atomic E-state index is 0.175. The van der Waals surface area contributed by atoms with Crippen LogP contribution in [-0.2, 0) is 6.42 Å². The number of rotatable bonds is 3. The van der Waals surface area contributed by atoms with Gasteiger partial charge in [0.05, 0.1) is 0 Å². The molecule has 1 fully saturated rings. The first-order valence-corrected chi connectivity index (χ1v) is 5.75. The Morgan fingerprint density at radius 3 is 2.73 bits per heavy atom. The molecule has 1 atom stereocenters. The van der Waals surface area contributed by atoms with Gasteiger partial charge in [0.1, 0.15) is 5.82 Å². The van der Waals surface area contributed by atoms with Crippen LogP contribution in [0.3, 0.4) is 0 Å². The predicted molar refractivity (Wildman–Crippen MR) is 60.7 cm³/mol. The van der Waals surface area contributed by atoms with Crippen molar-refractivity contribution in [3.8, 4) is 0 Å². The van der Waals surface area contributed by atoms with Crippen molar-refractivity contribution >= 4 is 0 Å². The summed E-state index contributed by atoms with van der Waals surface area (Å²) in [7, 11) is 0. The summed E-state index contributed by atoms with van der Waals surface area (Å²) >= 11 is 0. The van der Waals surface area contributed by atoms with E-state index in [-0.39, 0.29) is 6.04 Å². The molecule has 3 heteroatoms. The fourth-order valence-electron chi connectivity index (χ4n) is 2.00. The average Bonchev–Trinajstić information content (AvgIpc) is 1.96. The van der Waals surface area contributed by atoms with Crippen LogP contribution in [0.15, 0.2) is 6.07 Å². The van der Waals surface area contributed by atoms with Gasteiger partial charge in [-0.15, -0.1) is 0 Å². The summed E-state index contributed by atoms with van der Waals surface area (Å²) < 4.78 is 0. The van der Waals surface area contributed by atoms with Gasteiger partial charge in [0, 0.05) is 29.8 Å². The molecule has 1 aromatic heterocycles. The van der Waals surface area contributed by atoms with Crippen molar-refractivity contribution < 1.29 is 0 Å². The molecule has 0 radical (unpaired) electrons. The summed E-state index contributed by atoms with van der Waals surface area (Å²) in [6, 6.07) is 2.31. The topological polar surface area (TPSA) is 51.8 Å². The summed E-state index contributed by atoms with van der Waals surface area (Å²) in [5.41, 5.74) is 8.11. The summed E-state index contributed by atoms with van der Waals surface area (Å²) in [5, 5.41) is 0. The van der Waals surface area contributed by atoms with Crippen LogP contribution in [0.1, 0.15) is 49.3 Å². The Balaban J connectivity index is 2.19. The number of nitrogens with two attached hydrogens (primary N) is 1. The fraction of sp³-hybridized carbons (Fsp3) is 0.667. The van der Waals surface area contributed by atoms with Crippen LogP contribution in [0.4, 0.5) is 0 Å². The van der Waals surface area contributed by atoms with Crippen molar-refractivity contribution in [3.63, 3.8) is 0 Å². The Kier molecular flexibility index (Phi) is 3.00. The number of hydrogen-bond donors (Lipinski definition) is 1. The van der Waals surface area contributed by atoms with E-state index in [0.29, 0.717) is 5.92 Å². The quantitative estimate of drug-likeness (QED) is 0.820. The van der Waals surface area contributed by atoms with Crippen molar-refractivity contribution in [1.82, 2.24) is 9.97 Å². The molecule has 1 unspecified atom stereocenters. The lowest BCUT2D eigenvalue weighted by Gasteiger charge is -2.25. The molecule has 15 heavy (non-hydrogen) atoms. The highest BCUT2D eigenvalue weighted by atomic mass is 14.9. The van der Waals surface area contributed by atoms with E-state index in [1.54, 1.807) is 0 Å². The van der Waals surface area contributed by atoms with Crippen LogP contribution in [0.25, 0.3) is 0 Å². The maximum absolute atomic E-state index is 5.79. The monoisotopic (exact) mass is 205 g/mol. The summed E-state index contributed by atoms with van der Waals surface area (Å²) in [4.78, 5) is 8.93. The zero-order chi connectivity index (χ0) is 10.8. The molecule has 82 valence electrons. The van der Waals surface area contributed by atoms with Gasteiger partial charge >= 0.3 is 0 Å². The lowest BCUT2D eigenvalue weighted by molar-refractivity contribution is 0.409. The van der Waals surface area contributed by atoms with Crippen LogP contribution in [0, 0.1) is 6.92 Å². The van der Waals surface area contributed by atoms with E-state index in [0.717, 1.165) is 17.9 Å². The van der Waals surface area contributed by atoms with E-state index >= 15 is 0 Å². The van der Waals surface area contributed by atoms with E-state index in [1.807, 2.05) is 13.8 Å². The minimum atomic E-state index is 0.175. The molecule has 0 bridgehead atoms. The second kappa shape index (κ2) is 4.27. The van der Waals surface area contributed by atoms with E-state index in [4.69, 9.17) is 5.73 Å². The third kappa shape index (κ3) is 2.53. The average molecular weight is 205 g/mol. The first-order chi connectivity index (χ1) is 7.15. The van der Waals surface area contributed by atoms with Crippen molar-refractivity contribution in [2.45, 2.75) is 51.5 Å². The van der Waals surface area contributed by atoms with Gasteiger partial charge in [-0.2, -0.15) is 0 Å². The molecule has 0 saturated heterocycles.